The van der Waals surface area contributed by atoms with E-state index in [1.807, 2.05) is 4.90 Å². The van der Waals surface area contributed by atoms with Crippen LogP contribution in [-0.4, -0.2) is 42.1 Å². The quantitative estimate of drug-likeness (QED) is 0.843. The lowest BCUT2D eigenvalue weighted by atomic mass is 9.68. The summed E-state index contributed by atoms with van der Waals surface area (Å²) >= 11 is 0. The molecule has 2 atom stereocenters. The van der Waals surface area contributed by atoms with Crippen molar-refractivity contribution in [1.29, 1.82) is 0 Å². The summed E-state index contributed by atoms with van der Waals surface area (Å²) < 4.78 is 5.02. The predicted octanol–water partition coefficient (Wildman–Crippen LogP) is 3.82. The normalized spacial score (nSPS) is 32.6. The molecule has 28 heavy (non-hydrogen) atoms. The van der Waals surface area contributed by atoms with E-state index in [1.54, 1.807) is 0 Å². The monoisotopic (exact) mass is 384 g/mol. The number of cyclic esters (lactones) is 1. The Balaban J connectivity index is 1.34. The number of alkyl carbamates (subject to hydrolysis) is 1. The SMILES string of the molecule is C[C@H]1CN(C(=O)C2CC3(COC(=O)N3)C2)CCC1c1ccc(C(C)(C)C)cc1. The van der Waals surface area contributed by atoms with Crippen LogP contribution in [0.5, 0.6) is 0 Å². The van der Waals surface area contributed by atoms with Gasteiger partial charge in [0, 0.05) is 19.0 Å². The molecule has 0 aromatic heterocycles. The highest BCUT2D eigenvalue weighted by molar-refractivity contribution is 5.81. The molecule has 1 aliphatic carbocycles. The fourth-order valence-corrected chi connectivity index (χ4v) is 5.10. The fourth-order valence-electron chi connectivity index (χ4n) is 5.10. The molecular formula is C23H32N2O3. The number of nitrogens with zero attached hydrogens (tertiary/aromatic N) is 1. The van der Waals surface area contributed by atoms with E-state index >= 15 is 0 Å². The third-order valence-corrected chi connectivity index (χ3v) is 6.89. The van der Waals surface area contributed by atoms with Gasteiger partial charge >= 0.3 is 6.09 Å². The van der Waals surface area contributed by atoms with Crippen molar-refractivity contribution in [2.45, 2.75) is 63.8 Å². The molecule has 2 amide bonds. The van der Waals surface area contributed by atoms with Crippen molar-refractivity contribution < 1.29 is 14.3 Å². The van der Waals surface area contributed by atoms with Crippen LogP contribution in [0.2, 0.25) is 0 Å². The van der Waals surface area contributed by atoms with Crippen LogP contribution in [0.4, 0.5) is 4.79 Å². The first-order valence-corrected chi connectivity index (χ1v) is 10.5. The summed E-state index contributed by atoms with van der Waals surface area (Å²) in [7, 11) is 0. The van der Waals surface area contributed by atoms with E-state index < -0.39 is 0 Å². The van der Waals surface area contributed by atoms with Gasteiger partial charge in [0.15, 0.2) is 0 Å². The number of amides is 2. The first kappa shape index (κ1) is 19.3. The first-order chi connectivity index (χ1) is 13.2. The molecule has 1 spiro atoms. The summed E-state index contributed by atoms with van der Waals surface area (Å²) in [5, 5.41) is 2.87. The second-order valence-electron chi connectivity index (χ2n) is 10.1. The summed E-state index contributed by atoms with van der Waals surface area (Å²) in [6.45, 7) is 11.0. The van der Waals surface area contributed by atoms with Gasteiger partial charge in [-0.15, -0.1) is 0 Å². The molecule has 2 aliphatic heterocycles. The molecule has 1 aromatic carbocycles. The first-order valence-electron chi connectivity index (χ1n) is 10.5. The van der Waals surface area contributed by atoms with E-state index in [1.165, 1.54) is 11.1 Å². The number of nitrogens with one attached hydrogen (secondary N) is 1. The Labute approximate surface area is 167 Å². The molecule has 3 fully saturated rings. The second kappa shape index (κ2) is 6.78. The number of rotatable bonds is 2. The van der Waals surface area contributed by atoms with Gasteiger partial charge in [0.2, 0.25) is 5.91 Å². The average Bonchev–Trinajstić information content (AvgIpc) is 3.01. The number of benzene rings is 1. The van der Waals surface area contributed by atoms with Gasteiger partial charge < -0.3 is 15.0 Å². The number of likely N-dealkylation sites (tertiary alicyclic amines) is 1. The van der Waals surface area contributed by atoms with Crippen LogP contribution in [0, 0.1) is 11.8 Å². The number of carbonyl (C=O) groups excluding carboxylic acids is 2. The second-order valence-corrected chi connectivity index (χ2v) is 10.1. The molecule has 1 N–H and O–H groups in total. The standard InChI is InChI=1S/C23H32N2O3/c1-15-13-25(20(26)17-11-23(12-17)14-28-21(27)24-23)10-9-19(15)16-5-7-18(8-6-16)22(2,3)4/h5-8,15,17,19H,9-14H2,1-4H3,(H,24,27)/t15-,17?,19?,23?/m0/s1. The van der Waals surface area contributed by atoms with Crippen molar-refractivity contribution in [2.24, 2.45) is 11.8 Å². The largest absolute Gasteiger partial charge is 0.447 e. The van der Waals surface area contributed by atoms with E-state index in [0.29, 0.717) is 31.3 Å². The number of carbonyl (C=O) groups is 2. The summed E-state index contributed by atoms with van der Waals surface area (Å²) in [6, 6.07) is 9.06. The number of hydrogen-bond acceptors (Lipinski definition) is 3. The highest BCUT2D eigenvalue weighted by Gasteiger charge is 2.53. The molecule has 4 rings (SSSR count). The molecule has 3 aliphatic rings. The molecule has 5 heteroatoms. The summed E-state index contributed by atoms with van der Waals surface area (Å²) in [5.41, 5.74) is 2.64. The van der Waals surface area contributed by atoms with Crippen LogP contribution in [0.3, 0.4) is 0 Å². The van der Waals surface area contributed by atoms with Crippen molar-refractivity contribution in [1.82, 2.24) is 10.2 Å². The zero-order chi connectivity index (χ0) is 20.1. The smallest absolute Gasteiger partial charge is 0.407 e. The molecule has 5 nitrogen and oxygen atoms in total. The van der Waals surface area contributed by atoms with Gasteiger partial charge in [0.25, 0.3) is 0 Å². The van der Waals surface area contributed by atoms with Crippen molar-refractivity contribution >= 4 is 12.0 Å². The van der Waals surface area contributed by atoms with Gasteiger partial charge in [-0.1, -0.05) is 52.0 Å². The summed E-state index contributed by atoms with van der Waals surface area (Å²) in [6.07, 6.45) is 2.08. The minimum atomic E-state index is -0.349. The lowest BCUT2D eigenvalue weighted by molar-refractivity contribution is -0.143. The van der Waals surface area contributed by atoms with Crippen LogP contribution >= 0.6 is 0 Å². The molecule has 0 bridgehead atoms. The zero-order valence-corrected chi connectivity index (χ0v) is 17.5. The third kappa shape index (κ3) is 3.51. The van der Waals surface area contributed by atoms with E-state index in [-0.39, 0.29) is 28.9 Å². The highest BCUT2D eigenvalue weighted by Crippen LogP contribution is 2.42. The van der Waals surface area contributed by atoms with Gasteiger partial charge in [-0.05, 0) is 47.6 Å². The number of hydrogen-bond donors (Lipinski definition) is 1. The maximum absolute atomic E-state index is 12.9. The summed E-state index contributed by atoms with van der Waals surface area (Å²) in [4.78, 5) is 26.3. The van der Waals surface area contributed by atoms with Crippen molar-refractivity contribution in [3.8, 4) is 0 Å². The van der Waals surface area contributed by atoms with Crippen molar-refractivity contribution in [3.05, 3.63) is 35.4 Å². The Bertz CT molecular complexity index is 759. The molecule has 1 aromatic rings. The molecule has 2 heterocycles. The number of piperidine rings is 1. The lowest BCUT2D eigenvalue weighted by Crippen LogP contribution is -2.59. The van der Waals surface area contributed by atoms with E-state index in [4.69, 9.17) is 4.74 Å². The van der Waals surface area contributed by atoms with Crippen LogP contribution < -0.4 is 5.32 Å². The van der Waals surface area contributed by atoms with Crippen molar-refractivity contribution in [3.63, 3.8) is 0 Å². The summed E-state index contributed by atoms with van der Waals surface area (Å²) in [5.74, 6) is 1.23. The molecule has 2 saturated heterocycles. The predicted molar refractivity (Wildman–Crippen MR) is 108 cm³/mol. The topological polar surface area (TPSA) is 58.6 Å². The van der Waals surface area contributed by atoms with Gasteiger partial charge in [-0.3, -0.25) is 4.79 Å². The molecule has 152 valence electrons. The number of ether oxygens (including phenoxy) is 1. The minimum absolute atomic E-state index is 0.0248. The highest BCUT2D eigenvalue weighted by atomic mass is 16.6. The van der Waals surface area contributed by atoms with Gasteiger partial charge in [0.05, 0.1) is 5.54 Å². The minimum Gasteiger partial charge on any atom is -0.447 e. The van der Waals surface area contributed by atoms with E-state index in [9.17, 15) is 9.59 Å². The fraction of sp³-hybridized carbons (Fsp3) is 0.652. The molecule has 0 radical (unpaired) electrons. The maximum Gasteiger partial charge on any atom is 0.407 e. The van der Waals surface area contributed by atoms with Crippen LogP contribution in [0.15, 0.2) is 24.3 Å². The molecule has 1 saturated carbocycles. The Hall–Kier alpha value is -2.04. The Morgan fingerprint density at radius 2 is 1.89 bits per heavy atom. The van der Waals surface area contributed by atoms with Gasteiger partial charge in [-0.2, -0.15) is 0 Å². The van der Waals surface area contributed by atoms with Crippen LogP contribution in [-0.2, 0) is 14.9 Å². The maximum atomic E-state index is 12.9. The Morgan fingerprint density at radius 1 is 1.21 bits per heavy atom. The molecule has 1 unspecified atom stereocenters. The third-order valence-electron chi connectivity index (χ3n) is 6.89. The zero-order valence-electron chi connectivity index (χ0n) is 17.5. The molecular weight excluding hydrogens is 352 g/mol. The average molecular weight is 385 g/mol. The van der Waals surface area contributed by atoms with Gasteiger partial charge in [0.1, 0.15) is 6.61 Å². The Morgan fingerprint density at radius 3 is 2.43 bits per heavy atom. The van der Waals surface area contributed by atoms with Crippen LogP contribution in [0.1, 0.15) is 64.0 Å². The van der Waals surface area contributed by atoms with Crippen LogP contribution in [0.25, 0.3) is 0 Å². The lowest BCUT2D eigenvalue weighted by Gasteiger charge is -2.46. The van der Waals surface area contributed by atoms with Gasteiger partial charge in [-0.25, -0.2) is 4.79 Å². The van der Waals surface area contributed by atoms with E-state index in [2.05, 4.69) is 57.3 Å². The Kier molecular flexibility index (Phi) is 4.67. The van der Waals surface area contributed by atoms with Crippen molar-refractivity contribution in [2.75, 3.05) is 19.7 Å². The van der Waals surface area contributed by atoms with E-state index in [0.717, 1.165) is 19.5 Å².